The molecule has 1 aliphatic rings. The smallest absolute Gasteiger partial charge is 0.257 e. The van der Waals surface area contributed by atoms with Crippen LogP contribution in [0.15, 0.2) is 59.5 Å². The molecule has 33 heavy (non-hydrogen) atoms. The normalized spacial score (nSPS) is 14.0. The van der Waals surface area contributed by atoms with Crippen molar-refractivity contribution in [2.24, 2.45) is 5.73 Å². The van der Waals surface area contributed by atoms with E-state index in [0.29, 0.717) is 23.5 Å². The van der Waals surface area contributed by atoms with Crippen LogP contribution in [0, 0.1) is 0 Å². The van der Waals surface area contributed by atoms with Crippen LogP contribution in [0.4, 0.5) is 5.00 Å². The van der Waals surface area contributed by atoms with Crippen LogP contribution in [0.1, 0.15) is 43.6 Å². The maximum Gasteiger partial charge on any atom is 0.257 e. The standard InChI is InChI=1S/C24H25N3O4S2/c1-2-33(30,31)20-11-7-6-10-18(20)23(29)26-24-21(22(25)28)17-12-13-27(15-19(17)32-24)14-16-8-4-3-5-9-16/h3-11H,2,12-15H2,1H3,(H2,25,28)(H,26,29). The number of hydrogen-bond donors (Lipinski definition) is 2. The molecular formula is C24H25N3O4S2. The van der Waals surface area contributed by atoms with E-state index in [0.717, 1.165) is 23.5 Å². The monoisotopic (exact) mass is 483 g/mol. The lowest BCUT2D eigenvalue weighted by Crippen LogP contribution is -2.30. The zero-order chi connectivity index (χ0) is 23.6. The van der Waals surface area contributed by atoms with Crippen LogP contribution in [0.2, 0.25) is 0 Å². The predicted molar refractivity (Wildman–Crippen MR) is 129 cm³/mol. The summed E-state index contributed by atoms with van der Waals surface area (Å²) in [7, 11) is -3.59. The molecule has 2 aromatic carbocycles. The van der Waals surface area contributed by atoms with E-state index in [1.165, 1.54) is 36.0 Å². The van der Waals surface area contributed by atoms with E-state index in [2.05, 4.69) is 22.3 Å². The van der Waals surface area contributed by atoms with Gasteiger partial charge in [0.2, 0.25) is 0 Å². The van der Waals surface area contributed by atoms with Gasteiger partial charge < -0.3 is 11.1 Å². The summed E-state index contributed by atoms with van der Waals surface area (Å²) in [5.74, 6) is -1.30. The highest BCUT2D eigenvalue weighted by atomic mass is 32.2. The number of hydrogen-bond acceptors (Lipinski definition) is 6. The number of benzene rings is 2. The summed E-state index contributed by atoms with van der Waals surface area (Å²) in [5, 5.41) is 3.13. The van der Waals surface area contributed by atoms with Gasteiger partial charge in [-0.15, -0.1) is 11.3 Å². The lowest BCUT2D eigenvalue weighted by atomic mass is 10.0. The molecule has 0 radical (unpaired) electrons. The van der Waals surface area contributed by atoms with Crippen LogP contribution in [-0.4, -0.2) is 37.4 Å². The van der Waals surface area contributed by atoms with Crippen molar-refractivity contribution >= 4 is 38.0 Å². The second kappa shape index (κ2) is 9.46. The number of amides is 2. The summed E-state index contributed by atoms with van der Waals surface area (Å²) in [5.41, 5.74) is 8.12. The van der Waals surface area contributed by atoms with Gasteiger partial charge in [-0.1, -0.05) is 49.4 Å². The highest BCUT2D eigenvalue weighted by molar-refractivity contribution is 7.91. The Balaban J connectivity index is 1.62. The number of sulfone groups is 1. The number of fused-ring (bicyclic) bond motifs is 1. The Kier molecular flexibility index (Phi) is 6.64. The first-order valence-electron chi connectivity index (χ1n) is 10.6. The average molecular weight is 484 g/mol. The lowest BCUT2D eigenvalue weighted by Gasteiger charge is -2.27. The first-order valence-corrected chi connectivity index (χ1v) is 13.1. The molecular weight excluding hydrogens is 458 g/mol. The zero-order valence-corrected chi connectivity index (χ0v) is 19.8. The third-order valence-corrected chi connectivity index (χ3v) is 8.62. The molecule has 0 unspecified atom stereocenters. The van der Waals surface area contributed by atoms with E-state index in [4.69, 9.17) is 5.73 Å². The van der Waals surface area contributed by atoms with Crippen LogP contribution < -0.4 is 11.1 Å². The first kappa shape index (κ1) is 23.2. The number of nitrogens with two attached hydrogens (primary N) is 1. The van der Waals surface area contributed by atoms with E-state index in [1.54, 1.807) is 12.1 Å². The molecule has 1 aliphatic heterocycles. The van der Waals surface area contributed by atoms with Gasteiger partial charge in [-0.3, -0.25) is 14.5 Å². The topological polar surface area (TPSA) is 110 Å². The number of anilines is 1. The molecule has 1 aromatic heterocycles. The maximum atomic E-state index is 13.1. The molecule has 0 bridgehead atoms. The van der Waals surface area contributed by atoms with Crippen molar-refractivity contribution in [1.82, 2.24) is 4.90 Å². The number of thiophene rings is 1. The summed E-state index contributed by atoms with van der Waals surface area (Å²) in [4.78, 5) is 28.6. The highest BCUT2D eigenvalue weighted by Gasteiger charge is 2.29. The van der Waals surface area contributed by atoms with E-state index in [1.807, 2.05) is 18.2 Å². The van der Waals surface area contributed by atoms with Gasteiger partial charge in [0.25, 0.3) is 11.8 Å². The Morgan fingerprint density at radius 2 is 1.79 bits per heavy atom. The summed E-state index contributed by atoms with van der Waals surface area (Å²) in [6.07, 6.45) is 0.646. The number of rotatable bonds is 7. The maximum absolute atomic E-state index is 13.1. The number of primary amides is 1. The van der Waals surface area contributed by atoms with Crippen LogP contribution >= 0.6 is 11.3 Å². The number of carbonyl (C=O) groups is 2. The van der Waals surface area contributed by atoms with Crippen molar-refractivity contribution in [3.05, 3.63) is 81.7 Å². The number of nitrogens with one attached hydrogen (secondary N) is 1. The van der Waals surface area contributed by atoms with Crippen molar-refractivity contribution in [3.8, 4) is 0 Å². The number of nitrogens with zero attached hydrogens (tertiary/aromatic N) is 1. The minimum Gasteiger partial charge on any atom is -0.365 e. The summed E-state index contributed by atoms with van der Waals surface area (Å²) in [6, 6.07) is 16.2. The molecule has 0 saturated carbocycles. The second-order valence-electron chi connectivity index (χ2n) is 7.87. The molecule has 3 aromatic rings. The Morgan fingerprint density at radius 1 is 1.09 bits per heavy atom. The van der Waals surface area contributed by atoms with Crippen LogP contribution in [0.3, 0.4) is 0 Å². The Bertz CT molecular complexity index is 1300. The SMILES string of the molecule is CCS(=O)(=O)c1ccccc1C(=O)Nc1sc2c(c1C(N)=O)CCN(Cc1ccccc1)C2. The van der Waals surface area contributed by atoms with Crippen molar-refractivity contribution < 1.29 is 18.0 Å². The molecule has 0 aliphatic carbocycles. The molecule has 0 saturated heterocycles. The quantitative estimate of drug-likeness (QED) is 0.535. The van der Waals surface area contributed by atoms with Crippen molar-refractivity contribution in [2.45, 2.75) is 31.3 Å². The summed E-state index contributed by atoms with van der Waals surface area (Å²) in [6.45, 7) is 3.73. The molecule has 3 N–H and O–H groups in total. The molecule has 7 nitrogen and oxygen atoms in total. The van der Waals surface area contributed by atoms with Gasteiger partial charge in [-0.25, -0.2) is 8.42 Å². The van der Waals surface area contributed by atoms with Gasteiger partial charge in [-0.2, -0.15) is 0 Å². The Morgan fingerprint density at radius 3 is 2.48 bits per heavy atom. The third kappa shape index (κ3) is 4.85. The van der Waals surface area contributed by atoms with E-state index >= 15 is 0 Å². The van der Waals surface area contributed by atoms with Crippen molar-refractivity contribution in [3.63, 3.8) is 0 Å². The van der Waals surface area contributed by atoms with Crippen LogP contribution in [0.25, 0.3) is 0 Å². The molecule has 0 atom stereocenters. The molecule has 0 fully saturated rings. The lowest BCUT2D eigenvalue weighted by molar-refractivity contribution is 0.0999. The molecule has 4 rings (SSSR count). The summed E-state index contributed by atoms with van der Waals surface area (Å²) < 4.78 is 24.9. The van der Waals surface area contributed by atoms with Gasteiger partial charge in [0, 0.05) is 24.5 Å². The third-order valence-electron chi connectivity index (χ3n) is 5.71. The van der Waals surface area contributed by atoms with E-state index in [-0.39, 0.29) is 16.2 Å². The second-order valence-corrected chi connectivity index (χ2v) is 11.2. The Hall–Kier alpha value is -3.01. The van der Waals surface area contributed by atoms with E-state index in [9.17, 15) is 18.0 Å². The van der Waals surface area contributed by atoms with Gasteiger partial charge in [-0.05, 0) is 29.7 Å². The largest absolute Gasteiger partial charge is 0.365 e. The Labute approximate surface area is 197 Å². The summed E-state index contributed by atoms with van der Waals surface area (Å²) >= 11 is 1.32. The fraction of sp³-hybridized carbons (Fsp3) is 0.250. The van der Waals surface area contributed by atoms with E-state index < -0.39 is 21.7 Å². The molecule has 9 heteroatoms. The fourth-order valence-corrected chi connectivity index (χ4v) is 6.42. The molecule has 2 heterocycles. The fourth-order valence-electron chi connectivity index (χ4n) is 4.03. The molecule has 0 spiro atoms. The first-order chi connectivity index (χ1) is 15.8. The zero-order valence-electron chi connectivity index (χ0n) is 18.2. The van der Waals surface area contributed by atoms with Gasteiger partial charge >= 0.3 is 0 Å². The predicted octanol–water partition coefficient (Wildman–Crippen LogP) is 3.45. The molecule has 2 amide bonds. The highest BCUT2D eigenvalue weighted by Crippen LogP contribution is 2.37. The average Bonchev–Trinajstić information content (AvgIpc) is 3.17. The number of carbonyl (C=O) groups excluding carboxylic acids is 2. The van der Waals surface area contributed by atoms with Gasteiger partial charge in [0.15, 0.2) is 9.84 Å². The van der Waals surface area contributed by atoms with Crippen molar-refractivity contribution in [1.29, 1.82) is 0 Å². The minimum atomic E-state index is -3.59. The minimum absolute atomic E-state index is 0.0269. The van der Waals surface area contributed by atoms with Gasteiger partial charge in [0.05, 0.1) is 21.8 Å². The van der Waals surface area contributed by atoms with Gasteiger partial charge in [0.1, 0.15) is 5.00 Å². The van der Waals surface area contributed by atoms with Crippen LogP contribution in [0.5, 0.6) is 0 Å². The molecule has 172 valence electrons. The van der Waals surface area contributed by atoms with Crippen LogP contribution in [-0.2, 0) is 29.3 Å². The van der Waals surface area contributed by atoms with Crippen molar-refractivity contribution in [2.75, 3.05) is 17.6 Å².